The number of rotatable bonds is 3. The van der Waals surface area contributed by atoms with Gasteiger partial charge in [-0.15, -0.1) is 0 Å². The summed E-state index contributed by atoms with van der Waals surface area (Å²) in [4.78, 5) is 10.1. The molecule has 0 spiro atoms. The van der Waals surface area contributed by atoms with Crippen LogP contribution in [-0.4, -0.2) is 36.9 Å². The molecule has 0 saturated carbocycles. The lowest BCUT2D eigenvalue weighted by atomic mass is 9.92. The summed E-state index contributed by atoms with van der Waals surface area (Å²) in [6.45, 7) is 1.32. The Kier molecular flexibility index (Phi) is 4.48. The summed E-state index contributed by atoms with van der Waals surface area (Å²) in [6, 6.07) is 0.430. The SMILES string of the molecule is CC1CC(C(=O)O)CN(S(=O)(=O)c2cc(F)c(F)cc2F)C1. The number of carbonyl (C=O) groups is 1. The van der Waals surface area contributed by atoms with E-state index < -0.39 is 44.3 Å². The van der Waals surface area contributed by atoms with E-state index in [0.717, 1.165) is 4.31 Å². The van der Waals surface area contributed by atoms with Gasteiger partial charge in [-0.1, -0.05) is 6.92 Å². The average Bonchev–Trinajstić information content (AvgIpc) is 2.41. The number of hydrogen-bond donors (Lipinski definition) is 1. The molecule has 9 heteroatoms. The molecule has 2 unspecified atom stereocenters. The molecule has 1 aliphatic heterocycles. The van der Waals surface area contributed by atoms with E-state index >= 15 is 0 Å². The number of nitrogens with zero attached hydrogens (tertiary/aromatic N) is 1. The van der Waals surface area contributed by atoms with Crippen LogP contribution in [0.4, 0.5) is 13.2 Å². The van der Waals surface area contributed by atoms with Crippen molar-refractivity contribution in [1.29, 1.82) is 0 Å². The van der Waals surface area contributed by atoms with Gasteiger partial charge in [-0.3, -0.25) is 4.79 Å². The molecule has 1 heterocycles. The van der Waals surface area contributed by atoms with E-state index in [1.54, 1.807) is 6.92 Å². The normalized spacial score (nSPS) is 23.5. The van der Waals surface area contributed by atoms with E-state index in [2.05, 4.69) is 0 Å². The highest BCUT2D eigenvalue weighted by atomic mass is 32.2. The van der Waals surface area contributed by atoms with Crippen molar-refractivity contribution < 1.29 is 31.5 Å². The predicted molar refractivity (Wildman–Crippen MR) is 70.0 cm³/mol. The second kappa shape index (κ2) is 5.88. The molecule has 0 aromatic heterocycles. The first-order valence-electron chi connectivity index (χ1n) is 6.50. The van der Waals surface area contributed by atoms with Gasteiger partial charge in [0.1, 0.15) is 10.7 Å². The Morgan fingerprint density at radius 1 is 1.18 bits per heavy atom. The Balaban J connectivity index is 2.42. The molecule has 122 valence electrons. The fourth-order valence-corrected chi connectivity index (χ4v) is 4.18. The fourth-order valence-electron chi connectivity index (χ4n) is 2.52. The van der Waals surface area contributed by atoms with Crippen LogP contribution in [0.25, 0.3) is 0 Å². The Hall–Kier alpha value is -1.61. The molecule has 1 fully saturated rings. The van der Waals surface area contributed by atoms with Crippen molar-refractivity contribution in [3.8, 4) is 0 Å². The number of carboxylic acids is 1. The molecule has 1 saturated heterocycles. The van der Waals surface area contributed by atoms with E-state index in [-0.39, 0.29) is 31.1 Å². The van der Waals surface area contributed by atoms with Crippen LogP contribution in [0.5, 0.6) is 0 Å². The minimum atomic E-state index is -4.44. The van der Waals surface area contributed by atoms with Gasteiger partial charge in [-0.05, 0) is 18.4 Å². The van der Waals surface area contributed by atoms with E-state index in [9.17, 15) is 26.4 Å². The van der Waals surface area contributed by atoms with E-state index in [1.807, 2.05) is 0 Å². The third-order valence-corrected chi connectivity index (χ3v) is 5.41. The molecule has 22 heavy (non-hydrogen) atoms. The summed E-state index contributed by atoms with van der Waals surface area (Å²) >= 11 is 0. The van der Waals surface area contributed by atoms with Crippen LogP contribution in [0.3, 0.4) is 0 Å². The van der Waals surface area contributed by atoms with Gasteiger partial charge in [0, 0.05) is 19.2 Å². The molecule has 1 N–H and O–H groups in total. The molecular formula is C13H14F3NO4S. The first kappa shape index (κ1) is 16.8. The fraction of sp³-hybridized carbons (Fsp3) is 0.462. The molecule has 2 rings (SSSR count). The van der Waals surface area contributed by atoms with Crippen molar-refractivity contribution in [3.63, 3.8) is 0 Å². The van der Waals surface area contributed by atoms with Crippen LogP contribution in [0.15, 0.2) is 17.0 Å². The predicted octanol–water partition coefficient (Wildman–Crippen LogP) is 1.84. The monoisotopic (exact) mass is 337 g/mol. The number of benzene rings is 1. The maximum atomic E-state index is 13.7. The first-order valence-corrected chi connectivity index (χ1v) is 7.94. The third kappa shape index (κ3) is 3.09. The average molecular weight is 337 g/mol. The first-order chi connectivity index (χ1) is 10.1. The number of sulfonamides is 1. The summed E-state index contributed by atoms with van der Waals surface area (Å²) in [5.41, 5.74) is 0. The second-order valence-electron chi connectivity index (χ2n) is 5.39. The number of halogens is 3. The topological polar surface area (TPSA) is 74.7 Å². The van der Waals surface area contributed by atoms with E-state index in [4.69, 9.17) is 5.11 Å². The van der Waals surface area contributed by atoms with E-state index in [1.165, 1.54) is 0 Å². The van der Waals surface area contributed by atoms with Crippen molar-refractivity contribution in [3.05, 3.63) is 29.6 Å². The van der Waals surface area contributed by atoms with Crippen LogP contribution in [0, 0.1) is 29.3 Å². The highest BCUT2D eigenvalue weighted by Gasteiger charge is 2.37. The van der Waals surface area contributed by atoms with Crippen molar-refractivity contribution >= 4 is 16.0 Å². The maximum absolute atomic E-state index is 13.7. The van der Waals surface area contributed by atoms with Gasteiger partial charge < -0.3 is 5.11 Å². The zero-order chi connectivity index (χ0) is 16.7. The van der Waals surface area contributed by atoms with Gasteiger partial charge in [-0.2, -0.15) is 4.31 Å². The summed E-state index contributed by atoms with van der Waals surface area (Å²) in [5, 5.41) is 9.04. The summed E-state index contributed by atoms with van der Waals surface area (Å²) in [7, 11) is -4.44. The zero-order valence-electron chi connectivity index (χ0n) is 11.6. The minimum absolute atomic E-state index is 0.00938. The van der Waals surface area contributed by atoms with Crippen LogP contribution in [0.2, 0.25) is 0 Å². The van der Waals surface area contributed by atoms with Crippen LogP contribution in [-0.2, 0) is 14.8 Å². The molecule has 1 aromatic rings. The maximum Gasteiger partial charge on any atom is 0.307 e. The molecule has 0 bridgehead atoms. The van der Waals surface area contributed by atoms with Gasteiger partial charge in [0.05, 0.1) is 5.92 Å². The van der Waals surface area contributed by atoms with Crippen molar-refractivity contribution in [2.45, 2.75) is 18.2 Å². The lowest BCUT2D eigenvalue weighted by molar-refractivity contribution is -0.143. The quantitative estimate of drug-likeness (QED) is 0.854. The molecule has 1 aromatic carbocycles. The lowest BCUT2D eigenvalue weighted by Gasteiger charge is -2.33. The Labute approximate surface area is 125 Å². The van der Waals surface area contributed by atoms with Crippen molar-refractivity contribution in [2.75, 3.05) is 13.1 Å². The number of carboxylic acid groups (broad SMARTS) is 1. The Morgan fingerprint density at radius 2 is 1.77 bits per heavy atom. The molecule has 1 aliphatic rings. The molecule has 5 nitrogen and oxygen atoms in total. The van der Waals surface area contributed by atoms with Crippen LogP contribution >= 0.6 is 0 Å². The third-order valence-electron chi connectivity index (χ3n) is 3.57. The second-order valence-corrected chi connectivity index (χ2v) is 7.30. The number of piperidine rings is 1. The molecule has 0 amide bonds. The zero-order valence-corrected chi connectivity index (χ0v) is 12.4. The van der Waals surface area contributed by atoms with Gasteiger partial charge in [0.15, 0.2) is 11.6 Å². The summed E-state index contributed by atoms with van der Waals surface area (Å²) in [6.07, 6.45) is 0.293. The largest absolute Gasteiger partial charge is 0.481 e. The van der Waals surface area contributed by atoms with Crippen molar-refractivity contribution in [1.82, 2.24) is 4.31 Å². The number of hydrogen-bond acceptors (Lipinski definition) is 3. The smallest absolute Gasteiger partial charge is 0.307 e. The molecule has 0 radical (unpaired) electrons. The molecule has 2 atom stereocenters. The van der Waals surface area contributed by atoms with Crippen molar-refractivity contribution in [2.24, 2.45) is 11.8 Å². The van der Waals surface area contributed by atoms with E-state index in [0.29, 0.717) is 6.42 Å². The highest BCUT2D eigenvalue weighted by Crippen LogP contribution is 2.29. The minimum Gasteiger partial charge on any atom is -0.481 e. The number of aliphatic carboxylic acids is 1. The molecule has 0 aliphatic carbocycles. The van der Waals surface area contributed by atoms with Crippen LogP contribution < -0.4 is 0 Å². The summed E-state index contributed by atoms with van der Waals surface area (Å²) < 4.78 is 65.4. The Bertz CT molecular complexity index is 707. The Morgan fingerprint density at radius 3 is 2.36 bits per heavy atom. The van der Waals surface area contributed by atoms with Crippen LogP contribution in [0.1, 0.15) is 13.3 Å². The highest BCUT2D eigenvalue weighted by molar-refractivity contribution is 7.89. The van der Waals surface area contributed by atoms with Gasteiger partial charge >= 0.3 is 5.97 Å². The standard InChI is InChI=1S/C13H14F3NO4S/c1-7-2-8(13(18)19)6-17(5-7)22(20,21)12-4-10(15)9(14)3-11(12)16/h3-4,7-8H,2,5-6H2,1H3,(H,18,19). The lowest BCUT2D eigenvalue weighted by Crippen LogP contribution is -2.45. The van der Waals surface area contributed by atoms with Gasteiger partial charge in [-0.25, -0.2) is 21.6 Å². The summed E-state index contributed by atoms with van der Waals surface area (Å²) in [5.74, 6) is -6.72. The van der Waals surface area contributed by atoms with Gasteiger partial charge in [0.25, 0.3) is 0 Å². The van der Waals surface area contributed by atoms with Gasteiger partial charge in [0.2, 0.25) is 10.0 Å². The molecular weight excluding hydrogens is 323 g/mol.